The third kappa shape index (κ3) is 1.65. The summed E-state index contributed by atoms with van der Waals surface area (Å²) in [6, 6.07) is 4.40. The predicted octanol–water partition coefficient (Wildman–Crippen LogP) is 1.83. The Hall–Kier alpha value is -1.67. The maximum atomic E-state index is 10.7. The van der Waals surface area contributed by atoms with Crippen LogP contribution in [0.2, 0.25) is 0 Å². The zero-order chi connectivity index (χ0) is 10.7. The van der Waals surface area contributed by atoms with Crippen LogP contribution >= 0.6 is 15.9 Å². The number of benzene rings is 1. The van der Waals surface area contributed by atoms with Crippen LogP contribution in [0.4, 0.5) is 0 Å². The van der Waals surface area contributed by atoms with Gasteiger partial charge in [-0.25, -0.2) is 4.79 Å². The third-order valence-corrected chi connectivity index (χ3v) is 2.34. The minimum absolute atomic E-state index is 0.0624. The molecule has 1 N–H and O–H groups in total. The van der Waals surface area contributed by atoms with Crippen molar-refractivity contribution < 1.29 is 14.7 Å². The number of halogens is 1. The van der Waals surface area contributed by atoms with E-state index in [1.165, 1.54) is 12.1 Å². The Balaban J connectivity index is 3.58. The lowest BCUT2D eigenvalue weighted by atomic mass is 10.0. The molecule has 0 aromatic heterocycles. The zero-order valence-corrected chi connectivity index (χ0v) is 8.41. The number of carbonyl (C=O) groups is 2. The van der Waals surface area contributed by atoms with Gasteiger partial charge in [-0.05, 0) is 12.1 Å². The largest absolute Gasteiger partial charge is 0.478 e. The van der Waals surface area contributed by atoms with E-state index in [0.29, 0.717) is 10.8 Å². The highest BCUT2D eigenvalue weighted by Crippen LogP contribution is 2.21. The van der Waals surface area contributed by atoms with Crippen LogP contribution in [0.15, 0.2) is 16.6 Å². The van der Waals surface area contributed by atoms with E-state index in [0.717, 1.165) is 0 Å². The molecule has 4 nitrogen and oxygen atoms in total. The van der Waals surface area contributed by atoms with Crippen LogP contribution in [0, 0.1) is 11.3 Å². The van der Waals surface area contributed by atoms with E-state index in [9.17, 15) is 9.59 Å². The van der Waals surface area contributed by atoms with Crippen LogP contribution in [-0.4, -0.2) is 17.4 Å². The van der Waals surface area contributed by atoms with Crippen molar-refractivity contribution in [2.24, 2.45) is 0 Å². The number of aromatic carboxylic acids is 1. The minimum atomic E-state index is -1.22. The summed E-state index contributed by atoms with van der Waals surface area (Å²) in [6.45, 7) is 0. The van der Waals surface area contributed by atoms with Crippen molar-refractivity contribution >= 4 is 28.2 Å². The second-order valence-electron chi connectivity index (χ2n) is 2.42. The van der Waals surface area contributed by atoms with E-state index >= 15 is 0 Å². The average molecular weight is 254 g/mol. The predicted molar refractivity (Wildman–Crippen MR) is 51.2 cm³/mol. The minimum Gasteiger partial charge on any atom is -0.478 e. The van der Waals surface area contributed by atoms with Crippen molar-refractivity contribution in [3.8, 4) is 6.07 Å². The summed E-state index contributed by atoms with van der Waals surface area (Å²) in [6.07, 6.45) is 0.453. The fourth-order valence-corrected chi connectivity index (χ4v) is 1.43. The number of nitriles is 1. The van der Waals surface area contributed by atoms with E-state index in [1.807, 2.05) is 0 Å². The first-order chi connectivity index (χ1) is 6.61. The molecule has 14 heavy (non-hydrogen) atoms. The maximum absolute atomic E-state index is 10.7. The zero-order valence-electron chi connectivity index (χ0n) is 6.82. The molecule has 0 saturated carbocycles. The first kappa shape index (κ1) is 10.4. The molecule has 0 aliphatic rings. The van der Waals surface area contributed by atoms with E-state index in [-0.39, 0.29) is 16.7 Å². The summed E-state index contributed by atoms with van der Waals surface area (Å²) >= 11 is 3.06. The highest BCUT2D eigenvalue weighted by atomic mass is 79.9. The Morgan fingerprint density at radius 3 is 2.64 bits per heavy atom. The molecule has 70 valence electrons. The second kappa shape index (κ2) is 4.03. The fourth-order valence-electron chi connectivity index (χ4n) is 1.01. The number of nitrogens with zero attached hydrogens (tertiary/aromatic N) is 1. The average Bonchev–Trinajstić information content (AvgIpc) is 2.16. The Labute approximate surface area is 87.9 Å². The van der Waals surface area contributed by atoms with Gasteiger partial charge < -0.3 is 5.11 Å². The van der Waals surface area contributed by atoms with Gasteiger partial charge in [0.1, 0.15) is 6.07 Å². The lowest BCUT2D eigenvalue weighted by Crippen LogP contribution is -2.03. The number of aldehydes is 1. The van der Waals surface area contributed by atoms with Crippen LogP contribution in [0.5, 0.6) is 0 Å². The summed E-state index contributed by atoms with van der Waals surface area (Å²) in [7, 11) is 0. The Morgan fingerprint density at radius 2 is 2.21 bits per heavy atom. The lowest BCUT2D eigenvalue weighted by molar-refractivity contribution is 0.0696. The van der Waals surface area contributed by atoms with Crippen molar-refractivity contribution in [3.05, 3.63) is 33.3 Å². The van der Waals surface area contributed by atoms with Gasteiger partial charge in [0, 0.05) is 10.0 Å². The SMILES string of the molecule is N#Cc1c(C(=O)O)ccc(Br)c1C=O. The van der Waals surface area contributed by atoms with Gasteiger partial charge in [-0.3, -0.25) is 4.79 Å². The Bertz CT molecular complexity index is 448. The van der Waals surface area contributed by atoms with Gasteiger partial charge in [-0.15, -0.1) is 0 Å². The summed E-state index contributed by atoms with van der Waals surface area (Å²) in [5.41, 5.74) is -0.230. The molecule has 1 aromatic rings. The molecule has 0 saturated heterocycles. The van der Waals surface area contributed by atoms with Crippen LogP contribution in [0.1, 0.15) is 26.3 Å². The lowest BCUT2D eigenvalue weighted by Gasteiger charge is -2.02. The highest BCUT2D eigenvalue weighted by molar-refractivity contribution is 9.10. The van der Waals surface area contributed by atoms with Gasteiger partial charge in [-0.2, -0.15) is 5.26 Å². The molecule has 0 amide bonds. The number of rotatable bonds is 2. The summed E-state index contributed by atoms with van der Waals surface area (Å²) in [4.78, 5) is 21.3. The number of hydrogen-bond donors (Lipinski definition) is 1. The van der Waals surface area contributed by atoms with Crippen molar-refractivity contribution in [3.63, 3.8) is 0 Å². The monoisotopic (exact) mass is 253 g/mol. The topological polar surface area (TPSA) is 78.2 Å². The van der Waals surface area contributed by atoms with Gasteiger partial charge in [0.15, 0.2) is 6.29 Å². The molecule has 0 fully saturated rings. The Morgan fingerprint density at radius 1 is 1.57 bits per heavy atom. The van der Waals surface area contributed by atoms with Gasteiger partial charge in [0.2, 0.25) is 0 Å². The molecule has 5 heteroatoms. The molecule has 0 bridgehead atoms. The molecule has 1 rings (SSSR count). The Kier molecular flexibility index (Phi) is 2.99. The molecule has 0 heterocycles. The van der Waals surface area contributed by atoms with Crippen molar-refractivity contribution in [1.29, 1.82) is 5.26 Å². The van der Waals surface area contributed by atoms with E-state index < -0.39 is 5.97 Å². The number of hydrogen-bond acceptors (Lipinski definition) is 3. The van der Waals surface area contributed by atoms with E-state index in [4.69, 9.17) is 10.4 Å². The van der Waals surface area contributed by atoms with Gasteiger partial charge >= 0.3 is 5.97 Å². The third-order valence-electron chi connectivity index (χ3n) is 1.65. The van der Waals surface area contributed by atoms with Gasteiger partial charge in [0.05, 0.1) is 11.1 Å². The normalized spacial score (nSPS) is 9.14. The molecular formula is C9H4BrNO3. The van der Waals surface area contributed by atoms with Gasteiger partial charge in [-0.1, -0.05) is 15.9 Å². The van der Waals surface area contributed by atoms with Crippen LogP contribution < -0.4 is 0 Å². The molecule has 0 atom stereocenters. The molecule has 0 unspecified atom stereocenters. The summed E-state index contributed by atoms with van der Waals surface area (Å²) in [5, 5.41) is 17.4. The van der Waals surface area contributed by atoms with E-state index in [2.05, 4.69) is 15.9 Å². The second-order valence-corrected chi connectivity index (χ2v) is 3.27. The maximum Gasteiger partial charge on any atom is 0.337 e. The summed E-state index contributed by atoms with van der Waals surface area (Å²) in [5.74, 6) is -1.22. The van der Waals surface area contributed by atoms with Crippen molar-refractivity contribution in [1.82, 2.24) is 0 Å². The van der Waals surface area contributed by atoms with Crippen molar-refractivity contribution in [2.75, 3.05) is 0 Å². The molecule has 0 spiro atoms. The van der Waals surface area contributed by atoms with Crippen LogP contribution in [0.3, 0.4) is 0 Å². The highest BCUT2D eigenvalue weighted by Gasteiger charge is 2.15. The standard InChI is InChI=1S/C9H4BrNO3/c10-8-2-1-5(9(13)14)6(3-11)7(8)4-12/h1-2,4H,(H,13,14). The van der Waals surface area contributed by atoms with Crippen LogP contribution in [0.25, 0.3) is 0 Å². The molecule has 0 aliphatic heterocycles. The number of carboxylic acid groups (broad SMARTS) is 1. The molecular weight excluding hydrogens is 250 g/mol. The van der Waals surface area contributed by atoms with Gasteiger partial charge in [0.25, 0.3) is 0 Å². The molecule has 0 radical (unpaired) electrons. The molecule has 0 aliphatic carbocycles. The smallest absolute Gasteiger partial charge is 0.337 e. The number of carboxylic acids is 1. The fraction of sp³-hybridized carbons (Fsp3) is 0. The summed E-state index contributed by atoms with van der Waals surface area (Å²) < 4.78 is 0.411. The number of carbonyl (C=O) groups excluding carboxylic acids is 1. The molecule has 1 aromatic carbocycles. The van der Waals surface area contributed by atoms with Crippen molar-refractivity contribution in [2.45, 2.75) is 0 Å². The first-order valence-electron chi connectivity index (χ1n) is 3.53. The van der Waals surface area contributed by atoms with Crippen LogP contribution in [-0.2, 0) is 0 Å². The quantitative estimate of drug-likeness (QED) is 0.816. The van der Waals surface area contributed by atoms with E-state index in [1.54, 1.807) is 6.07 Å². The first-order valence-corrected chi connectivity index (χ1v) is 4.32.